The van der Waals surface area contributed by atoms with Crippen LogP contribution in [-0.2, 0) is 9.47 Å². The summed E-state index contributed by atoms with van der Waals surface area (Å²) in [7, 11) is 3.21. The van der Waals surface area contributed by atoms with E-state index in [2.05, 4.69) is 6.07 Å². The summed E-state index contributed by atoms with van der Waals surface area (Å²) in [6.45, 7) is 1.39. The van der Waals surface area contributed by atoms with Gasteiger partial charge in [-0.3, -0.25) is 0 Å². The molecule has 0 bridgehead atoms. The van der Waals surface area contributed by atoms with Gasteiger partial charge in [-0.1, -0.05) is 5.56 Å². The minimum Gasteiger partial charge on any atom is -0.554 e. The Morgan fingerprint density at radius 2 is 1.88 bits per heavy atom. The number of benzene rings is 1. The van der Waals surface area contributed by atoms with E-state index in [1.165, 1.54) is 0 Å². The van der Waals surface area contributed by atoms with Crippen molar-refractivity contribution in [1.82, 2.24) is 0 Å². The number of ether oxygens (including phenoxy) is 4. The Hall–Kier alpha value is -0.663. The Morgan fingerprint density at radius 1 is 1.18 bits per heavy atom. The van der Waals surface area contributed by atoms with Crippen LogP contribution in [0.4, 0.5) is 0 Å². The molecule has 1 aliphatic rings. The third-order valence-corrected chi connectivity index (χ3v) is 2.41. The third kappa shape index (κ3) is 3.40. The molecule has 0 radical (unpaired) electrons. The van der Waals surface area contributed by atoms with Crippen LogP contribution in [0.3, 0.4) is 0 Å². The van der Waals surface area contributed by atoms with Crippen LogP contribution in [0.25, 0.3) is 0 Å². The van der Waals surface area contributed by atoms with Crippen LogP contribution >= 0.6 is 0 Å². The molecule has 0 amide bonds. The minimum absolute atomic E-state index is 0. The van der Waals surface area contributed by atoms with Gasteiger partial charge in [0.05, 0.1) is 27.4 Å². The molecule has 0 N–H and O–H groups in total. The second-order valence-corrected chi connectivity index (χ2v) is 3.44. The molecular formula is C12H15LiO4. The number of hydrogen-bond acceptors (Lipinski definition) is 4. The van der Waals surface area contributed by atoms with Gasteiger partial charge in [-0.05, 0) is 6.42 Å². The van der Waals surface area contributed by atoms with Crippen molar-refractivity contribution in [1.29, 1.82) is 0 Å². The van der Waals surface area contributed by atoms with E-state index in [1.54, 1.807) is 20.3 Å². The van der Waals surface area contributed by atoms with Gasteiger partial charge in [-0.2, -0.15) is 0 Å². The predicted octanol–water partition coefficient (Wildman–Crippen LogP) is -1.06. The average molecular weight is 230 g/mol. The molecule has 17 heavy (non-hydrogen) atoms. The molecule has 0 aromatic heterocycles. The quantitative estimate of drug-likeness (QED) is 0.490. The molecule has 0 unspecified atom stereocenters. The molecule has 1 aliphatic heterocycles. The SMILES string of the molecule is COc1[c-]c(C2OCCCO2)c(OC)cc1.[Li+]. The normalized spacial score (nSPS) is 16.1. The third-order valence-electron chi connectivity index (χ3n) is 2.41. The molecular weight excluding hydrogens is 215 g/mol. The first-order chi connectivity index (χ1) is 7.85. The van der Waals surface area contributed by atoms with Gasteiger partial charge in [0.2, 0.25) is 0 Å². The Kier molecular flexibility index (Phi) is 5.87. The van der Waals surface area contributed by atoms with Crippen LogP contribution in [0.1, 0.15) is 18.3 Å². The summed E-state index contributed by atoms with van der Waals surface area (Å²) >= 11 is 0. The number of rotatable bonds is 3. The Bertz CT molecular complexity index is 350. The van der Waals surface area contributed by atoms with Crippen molar-refractivity contribution in [2.45, 2.75) is 12.7 Å². The van der Waals surface area contributed by atoms with E-state index in [-0.39, 0.29) is 18.9 Å². The van der Waals surface area contributed by atoms with Crippen LogP contribution in [-0.4, -0.2) is 27.4 Å². The van der Waals surface area contributed by atoms with Crippen molar-refractivity contribution in [2.75, 3.05) is 27.4 Å². The first-order valence-corrected chi connectivity index (χ1v) is 5.22. The Balaban J connectivity index is 0.00000144. The second-order valence-electron chi connectivity index (χ2n) is 3.44. The molecule has 1 fully saturated rings. The predicted molar refractivity (Wildman–Crippen MR) is 57.6 cm³/mol. The zero-order valence-corrected chi connectivity index (χ0v) is 10.5. The molecule has 0 spiro atoms. The van der Waals surface area contributed by atoms with Crippen LogP contribution in [0.5, 0.6) is 11.5 Å². The van der Waals surface area contributed by atoms with Gasteiger partial charge >= 0.3 is 18.9 Å². The summed E-state index contributed by atoms with van der Waals surface area (Å²) in [6, 6.07) is 6.71. The summed E-state index contributed by atoms with van der Waals surface area (Å²) in [6.07, 6.45) is 0.516. The number of methoxy groups -OCH3 is 2. The maximum atomic E-state index is 5.52. The molecule has 5 heteroatoms. The molecule has 2 rings (SSSR count). The van der Waals surface area contributed by atoms with Crippen molar-refractivity contribution >= 4 is 0 Å². The van der Waals surface area contributed by atoms with Gasteiger partial charge in [0.1, 0.15) is 0 Å². The Morgan fingerprint density at radius 3 is 2.47 bits per heavy atom. The van der Waals surface area contributed by atoms with Gasteiger partial charge in [-0.25, -0.2) is 0 Å². The zero-order chi connectivity index (χ0) is 11.4. The van der Waals surface area contributed by atoms with E-state index in [9.17, 15) is 0 Å². The van der Waals surface area contributed by atoms with E-state index >= 15 is 0 Å². The molecule has 0 atom stereocenters. The van der Waals surface area contributed by atoms with Gasteiger partial charge in [0.25, 0.3) is 0 Å². The average Bonchev–Trinajstić information content (AvgIpc) is 2.39. The first kappa shape index (κ1) is 14.4. The summed E-state index contributed by atoms with van der Waals surface area (Å²) in [5.41, 5.74) is 0.751. The van der Waals surface area contributed by atoms with E-state index in [0.717, 1.165) is 12.0 Å². The summed E-state index contributed by atoms with van der Waals surface area (Å²) in [5.74, 6) is 1.35. The van der Waals surface area contributed by atoms with E-state index in [0.29, 0.717) is 24.7 Å². The maximum Gasteiger partial charge on any atom is 1.00 e. The van der Waals surface area contributed by atoms with Crippen molar-refractivity contribution in [2.24, 2.45) is 0 Å². The van der Waals surface area contributed by atoms with Gasteiger partial charge in [-0.15, -0.1) is 18.2 Å². The monoisotopic (exact) mass is 230 g/mol. The van der Waals surface area contributed by atoms with Crippen LogP contribution in [0, 0.1) is 6.07 Å². The first-order valence-electron chi connectivity index (χ1n) is 5.22. The molecule has 1 heterocycles. The van der Waals surface area contributed by atoms with Crippen LogP contribution < -0.4 is 28.3 Å². The van der Waals surface area contributed by atoms with E-state index < -0.39 is 6.29 Å². The minimum atomic E-state index is -0.404. The fraction of sp³-hybridized carbons (Fsp3) is 0.500. The molecule has 88 valence electrons. The fourth-order valence-electron chi connectivity index (χ4n) is 1.60. The fourth-order valence-corrected chi connectivity index (χ4v) is 1.60. The zero-order valence-electron chi connectivity index (χ0n) is 10.5. The molecule has 1 aromatic carbocycles. The van der Waals surface area contributed by atoms with Crippen molar-refractivity contribution in [3.8, 4) is 11.5 Å². The van der Waals surface area contributed by atoms with Crippen LogP contribution in [0.2, 0.25) is 0 Å². The summed E-state index contributed by atoms with van der Waals surface area (Å²) in [4.78, 5) is 0. The van der Waals surface area contributed by atoms with E-state index in [4.69, 9.17) is 18.9 Å². The van der Waals surface area contributed by atoms with Gasteiger partial charge < -0.3 is 18.9 Å². The van der Waals surface area contributed by atoms with Crippen molar-refractivity contribution in [3.05, 3.63) is 23.8 Å². The van der Waals surface area contributed by atoms with Crippen molar-refractivity contribution in [3.63, 3.8) is 0 Å². The topological polar surface area (TPSA) is 36.9 Å². The summed E-state index contributed by atoms with van der Waals surface area (Å²) in [5, 5.41) is 0. The maximum absolute atomic E-state index is 5.52. The molecule has 4 nitrogen and oxygen atoms in total. The van der Waals surface area contributed by atoms with Crippen molar-refractivity contribution < 1.29 is 37.8 Å². The summed E-state index contributed by atoms with van der Waals surface area (Å²) < 4.78 is 21.4. The molecule has 1 saturated heterocycles. The Labute approximate surface area is 113 Å². The van der Waals surface area contributed by atoms with Gasteiger partial charge in [0, 0.05) is 11.5 Å². The molecule has 0 aliphatic carbocycles. The standard InChI is InChI=1S/C12H15O4.Li/c1-13-9-4-5-11(14-2)10(8-9)12-15-6-3-7-16-12;/h4-5,12H,3,6-7H2,1-2H3;/q-1;+1. The van der Waals surface area contributed by atoms with Crippen LogP contribution in [0.15, 0.2) is 12.1 Å². The second kappa shape index (κ2) is 6.92. The van der Waals surface area contributed by atoms with E-state index in [1.807, 2.05) is 6.07 Å². The number of hydrogen-bond donors (Lipinski definition) is 0. The molecule has 1 aromatic rings. The van der Waals surface area contributed by atoms with Gasteiger partial charge in [0.15, 0.2) is 6.29 Å². The molecule has 0 saturated carbocycles. The largest absolute Gasteiger partial charge is 1.00 e. The smallest absolute Gasteiger partial charge is 0.554 e.